The Bertz CT molecular complexity index is 295. The molecule has 20 heavy (non-hydrogen) atoms. The number of carbonyl (C=O) groups excluding carboxylic acids is 1. The molecule has 0 spiro atoms. The number of amides is 2. The molecule has 0 aromatic carbocycles. The maximum absolute atomic E-state index is 12.0. The van der Waals surface area contributed by atoms with E-state index >= 15 is 0 Å². The molecule has 2 aliphatic carbocycles. The molecule has 2 saturated carbocycles. The smallest absolute Gasteiger partial charge is 0.315 e. The van der Waals surface area contributed by atoms with Crippen molar-refractivity contribution >= 4 is 6.03 Å². The molecule has 4 heteroatoms. The first-order valence-electron chi connectivity index (χ1n) is 8.37. The van der Waals surface area contributed by atoms with Crippen LogP contribution in [0.4, 0.5) is 4.79 Å². The van der Waals surface area contributed by atoms with Crippen LogP contribution in [0.2, 0.25) is 0 Å². The lowest BCUT2D eigenvalue weighted by molar-refractivity contribution is 0.173. The monoisotopic (exact) mass is 282 g/mol. The van der Waals surface area contributed by atoms with E-state index in [1.165, 1.54) is 32.1 Å². The summed E-state index contributed by atoms with van der Waals surface area (Å²) in [6.45, 7) is 2.43. The van der Waals surface area contributed by atoms with Gasteiger partial charge in [-0.3, -0.25) is 0 Å². The summed E-state index contributed by atoms with van der Waals surface area (Å²) in [5.74, 6) is 1.09. The summed E-state index contributed by atoms with van der Waals surface area (Å²) in [5, 5.41) is 15.3. The third-order valence-electron chi connectivity index (χ3n) is 5.16. The van der Waals surface area contributed by atoms with Crippen molar-refractivity contribution in [1.82, 2.24) is 10.6 Å². The predicted molar refractivity (Wildman–Crippen MR) is 80.5 cm³/mol. The van der Waals surface area contributed by atoms with Gasteiger partial charge in [-0.25, -0.2) is 4.79 Å². The van der Waals surface area contributed by atoms with E-state index in [9.17, 15) is 4.79 Å². The maximum Gasteiger partial charge on any atom is 0.315 e. The first-order valence-corrected chi connectivity index (χ1v) is 8.37. The minimum atomic E-state index is -0.00415. The second-order valence-electron chi connectivity index (χ2n) is 6.70. The number of urea groups is 1. The Labute approximate surface area is 122 Å². The highest BCUT2D eigenvalue weighted by Gasteiger charge is 2.24. The van der Waals surface area contributed by atoms with Crippen molar-refractivity contribution in [3.63, 3.8) is 0 Å². The average Bonchev–Trinajstić information content (AvgIpc) is 2.49. The Morgan fingerprint density at radius 2 is 1.75 bits per heavy atom. The number of rotatable bonds is 4. The fraction of sp³-hybridized carbons (Fsp3) is 0.938. The molecule has 2 rings (SSSR count). The Kier molecular flexibility index (Phi) is 6.14. The van der Waals surface area contributed by atoms with Gasteiger partial charge in [0, 0.05) is 18.7 Å². The van der Waals surface area contributed by atoms with Gasteiger partial charge >= 0.3 is 6.03 Å². The Balaban J connectivity index is 1.67. The molecule has 0 aliphatic heterocycles. The summed E-state index contributed by atoms with van der Waals surface area (Å²) < 4.78 is 0. The molecule has 1 unspecified atom stereocenters. The largest absolute Gasteiger partial charge is 0.396 e. The van der Waals surface area contributed by atoms with Gasteiger partial charge in [-0.15, -0.1) is 0 Å². The molecule has 2 aliphatic rings. The molecular weight excluding hydrogens is 252 g/mol. The highest BCUT2D eigenvalue weighted by molar-refractivity contribution is 5.74. The van der Waals surface area contributed by atoms with Gasteiger partial charge in [0.15, 0.2) is 0 Å². The van der Waals surface area contributed by atoms with Crippen molar-refractivity contribution < 1.29 is 9.90 Å². The molecule has 2 amide bonds. The van der Waals surface area contributed by atoms with Crippen molar-refractivity contribution in [3.8, 4) is 0 Å². The van der Waals surface area contributed by atoms with Crippen LogP contribution in [0.5, 0.6) is 0 Å². The van der Waals surface area contributed by atoms with Gasteiger partial charge in [0.05, 0.1) is 0 Å². The second kappa shape index (κ2) is 7.87. The number of hydrogen-bond acceptors (Lipinski definition) is 2. The van der Waals surface area contributed by atoms with Gasteiger partial charge in [0.1, 0.15) is 0 Å². The molecule has 0 bridgehead atoms. The maximum atomic E-state index is 12.0. The molecule has 0 saturated heterocycles. The van der Waals surface area contributed by atoms with Crippen LogP contribution in [-0.2, 0) is 0 Å². The highest BCUT2D eigenvalue weighted by atomic mass is 16.3. The highest BCUT2D eigenvalue weighted by Crippen LogP contribution is 2.26. The summed E-state index contributed by atoms with van der Waals surface area (Å²) in [5.41, 5.74) is 0. The molecule has 0 aromatic rings. The zero-order valence-corrected chi connectivity index (χ0v) is 12.7. The van der Waals surface area contributed by atoms with Crippen molar-refractivity contribution in [2.45, 2.75) is 76.8 Å². The van der Waals surface area contributed by atoms with E-state index in [2.05, 4.69) is 17.6 Å². The van der Waals surface area contributed by atoms with Crippen molar-refractivity contribution in [3.05, 3.63) is 0 Å². The van der Waals surface area contributed by atoms with Crippen LogP contribution in [0.3, 0.4) is 0 Å². The molecule has 2 fully saturated rings. The fourth-order valence-corrected chi connectivity index (χ4v) is 3.68. The summed E-state index contributed by atoms with van der Waals surface area (Å²) in [6, 6.07) is 0.566. The van der Waals surface area contributed by atoms with Crippen LogP contribution in [0, 0.1) is 11.8 Å². The van der Waals surface area contributed by atoms with Crippen LogP contribution in [0.25, 0.3) is 0 Å². The normalized spacial score (nSPS) is 29.7. The van der Waals surface area contributed by atoms with Crippen LogP contribution in [0.15, 0.2) is 0 Å². The lowest BCUT2D eigenvalue weighted by Crippen LogP contribution is -2.48. The first-order chi connectivity index (χ1) is 9.69. The van der Waals surface area contributed by atoms with Crippen molar-refractivity contribution in [2.75, 3.05) is 6.61 Å². The summed E-state index contributed by atoms with van der Waals surface area (Å²) in [4.78, 5) is 12.0. The van der Waals surface area contributed by atoms with E-state index in [0.29, 0.717) is 11.8 Å². The average molecular weight is 282 g/mol. The lowest BCUT2D eigenvalue weighted by atomic mass is 9.84. The van der Waals surface area contributed by atoms with Crippen molar-refractivity contribution in [2.24, 2.45) is 11.8 Å². The van der Waals surface area contributed by atoms with E-state index < -0.39 is 0 Å². The van der Waals surface area contributed by atoms with Crippen LogP contribution >= 0.6 is 0 Å². The Hall–Kier alpha value is -0.770. The molecule has 3 N–H and O–H groups in total. The van der Waals surface area contributed by atoms with Gasteiger partial charge < -0.3 is 15.7 Å². The zero-order valence-electron chi connectivity index (χ0n) is 12.7. The molecule has 0 heterocycles. The predicted octanol–water partition coefficient (Wildman–Crippen LogP) is 2.81. The number of aliphatic hydroxyl groups excluding tert-OH is 1. The van der Waals surface area contributed by atoms with E-state index in [1.54, 1.807) is 0 Å². The molecule has 0 radical (unpaired) electrons. The van der Waals surface area contributed by atoms with Gasteiger partial charge in [-0.1, -0.05) is 19.3 Å². The van der Waals surface area contributed by atoms with E-state index in [4.69, 9.17) is 5.11 Å². The third-order valence-corrected chi connectivity index (χ3v) is 5.16. The second-order valence-corrected chi connectivity index (χ2v) is 6.70. The number of hydrogen-bond donors (Lipinski definition) is 3. The number of carbonyl (C=O) groups is 1. The lowest BCUT2D eigenvalue weighted by Gasteiger charge is -2.31. The Morgan fingerprint density at radius 3 is 2.35 bits per heavy atom. The van der Waals surface area contributed by atoms with Crippen LogP contribution < -0.4 is 10.6 Å². The van der Waals surface area contributed by atoms with Gasteiger partial charge in [0.2, 0.25) is 0 Å². The van der Waals surface area contributed by atoms with Crippen LogP contribution in [0.1, 0.15) is 64.7 Å². The molecule has 1 atom stereocenters. The van der Waals surface area contributed by atoms with E-state index in [-0.39, 0.29) is 24.7 Å². The van der Waals surface area contributed by atoms with E-state index in [1.807, 2.05) is 0 Å². The van der Waals surface area contributed by atoms with Gasteiger partial charge in [-0.2, -0.15) is 0 Å². The fourth-order valence-electron chi connectivity index (χ4n) is 3.68. The van der Waals surface area contributed by atoms with Gasteiger partial charge in [-0.05, 0) is 57.3 Å². The molecular formula is C16H30N2O2. The minimum Gasteiger partial charge on any atom is -0.396 e. The standard InChI is InChI=1S/C16H30N2O2/c1-12(14-5-3-2-4-6-14)17-16(20)18-15-9-7-13(11-19)8-10-15/h12-15,19H,2-11H2,1H3,(H2,17,18,20). The van der Waals surface area contributed by atoms with Gasteiger partial charge in [0.25, 0.3) is 0 Å². The molecule has 0 aromatic heterocycles. The minimum absolute atomic E-state index is 0.00415. The van der Waals surface area contributed by atoms with Crippen LogP contribution in [-0.4, -0.2) is 29.8 Å². The summed E-state index contributed by atoms with van der Waals surface area (Å²) in [7, 11) is 0. The molecule has 116 valence electrons. The zero-order chi connectivity index (χ0) is 14.4. The summed E-state index contributed by atoms with van der Waals surface area (Å²) in [6.07, 6.45) is 10.5. The Morgan fingerprint density at radius 1 is 1.10 bits per heavy atom. The topological polar surface area (TPSA) is 61.4 Å². The molecule has 4 nitrogen and oxygen atoms in total. The number of aliphatic hydroxyl groups is 1. The van der Waals surface area contributed by atoms with E-state index in [0.717, 1.165) is 25.7 Å². The quantitative estimate of drug-likeness (QED) is 0.742. The first kappa shape index (κ1) is 15.6. The van der Waals surface area contributed by atoms with Crippen molar-refractivity contribution in [1.29, 1.82) is 0 Å². The number of nitrogens with one attached hydrogen (secondary N) is 2. The third kappa shape index (κ3) is 4.65. The summed E-state index contributed by atoms with van der Waals surface area (Å²) >= 11 is 0. The SMILES string of the molecule is CC(NC(=O)NC1CCC(CO)CC1)C1CCCCC1.